The highest BCUT2D eigenvalue weighted by molar-refractivity contribution is 5.90. The van der Waals surface area contributed by atoms with Crippen LogP contribution in [0.3, 0.4) is 0 Å². The average Bonchev–Trinajstić information content (AvgIpc) is 2.57. The molecule has 0 aliphatic heterocycles. The van der Waals surface area contributed by atoms with E-state index in [4.69, 9.17) is 14.2 Å². The molecule has 1 unspecified atom stereocenters. The van der Waals surface area contributed by atoms with E-state index < -0.39 is 42.2 Å². The molecule has 1 atom stereocenters. The second-order valence-electron chi connectivity index (χ2n) is 6.74. The predicted octanol–water partition coefficient (Wildman–Crippen LogP) is 1.96. The molecule has 0 aromatic carbocycles. The number of rotatable bonds is 7. The standard InChI is InChI=1S/C17H21F3N2O7/c1-16(2,3)29-12(23)8-22(15(26)17(18,19)20)13(14(24)25)9-6-10(27-4)21-11(7-9)28-5/h6-7,13H,8H2,1-5H3,(H,24,25). The number of carbonyl (C=O) groups excluding carboxylic acids is 2. The lowest BCUT2D eigenvalue weighted by molar-refractivity contribution is -0.192. The van der Waals surface area contributed by atoms with Crippen molar-refractivity contribution in [3.8, 4) is 11.8 Å². The Hall–Kier alpha value is -3.05. The molecule has 0 aliphatic rings. The van der Waals surface area contributed by atoms with Crippen LogP contribution >= 0.6 is 0 Å². The molecule has 0 fully saturated rings. The van der Waals surface area contributed by atoms with Crippen LogP contribution in [0.25, 0.3) is 0 Å². The van der Waals surface area contributed by atoms with Gasteiger partial charge >= 0.3 is 24.0 Å². The zero-order valence-electron chi connectivity index (χ0n) is 16.4. The van der Waals surface area contributed by atoms with Gasteiger partial charge in [-0.3, -0.25) is 9.59 Å². The summed E-state index contributed by atoms with van der Waals surface area (Å²) in [5, 5.41) is 9.57. The lowest BCUT2D eigenvalue weighted by Gasteiger charge is -2.30. The highest BCUT2D eigenvalue weighted by atomic mass is 19.4. The minimum atomic E-state index is -5.43. The molecule has 0 radical (unpaired) electrons. The average molecular weight is 422 g/mol. The van der Waals surface area contributed by atoms with Crippen molar-refractivity contribution >= 4 is 17.8 Å². The lowest BCUT2D eigenvalue weighted by Crippen LogP contribution is -2.49. The van der Waals surface area contributed by atoms with Crippen LogP contribution in [0.15, 0.2) is 12.1 Å². The fourth-order valence-corrected chi connectivity index (χ4v) is 2.28. The largest absolute Gasteiger partial charge is 0.481 e. The lowest BCUT2D eigenvalue weighted by atomic mass is 10.1. The second kappa shape index (κ2) is 8.97. The first-order valence-electron chi connectivity index (χ1n) is 8.12. The fourth-order valence-electron chi connectivity index (χ4n) is 2.28. The highest BCUT2D eigenvalue weighted by Gasteiger charge is 2.48. The zero-order valence-corrected chi connectivity index (χ0v) is 16.4. The molecule has 1 heterocycles. The molecular weight excluding hydrogens is 401 g/mol. The van der Waals surface area contributed by atoms with E-state index >= 15 is 0 Å². The third-order valence-corrected chi connectivity index (χ3v) is 3.30. The van der Waals surface area contributed by atoms with Crippen molar-refractivity contribution in [2.45, 2.75) is 38.6 Å². The number of esters is 1. The van der Waals surface area contributed by atoms with Gasteiger partial charge in [0, 0.05) is 12.1 Å². The number of carbonyl (C=O) groups is 3. The Morgan fingerprint density at radius 3 is 1.93 bits per heavy atom. The van der Waals surface area contributed by atoms with E-state index in [9.17, 15) is 32.7 Å². The number of hydrogen-bond donors (Lipinski definition) is 1. The summed E-state index contributed by atoms with van der Waals surface area (Å²) in [6, 6.07) is -0.150. The third kappa shape index (κ3) is 6.80. The maximum atomic E-state index is 13.1. The number of carboxylic acid groups (broad SMARTS) is 1. The molecule has 1 aromatic rings. The zero-order chi connectivity index (χ0) is 22.6. The van der Waals surface area contributed by atoms with Crippen molar-refractivity contribution in [1.82, 2.24) is 9.88 Å². The van der Waals surface area contributed by atoms with Crippen molar-refractivity contribution in [2.75, 3.05) is 20.8 Å². The molecule has 0 saturated carbocycles. The van der Waals surface area contributed by atoms with E-state index in [1.54, 1.807) is 0 Å². The number of carboxylic acids is 1. The first kappa shape index (κ1) is 24.0. The third-order valence-electron chi connectivity index (χ3n) is 3.30. The number of aromatic nitrogens is 1. The van der Waals surface area contributed by atoms with Gasteiger partial charge in [-0.2, -0.15) is 18.2 Å². The number of alkyl halides is 3. The van der Waals surface area contributed by atoms with E-state index in [-0.39, 0.29) is 22.2 Å². The van der Waals surface area contributed by atoms with Crippen LogP contribution in [0.2, 0.25) is 0 Å². The normalized spacial score (nSPS) is 12.7. The van der Waals surface area contributed by atoms with Crippen LogP contribution in [0.4, 0.5) is 13.2 Å². The van der Waals surface area contributed by atoms with Crippen LogP contribution in [0.5, 0.6) is 11.8 Å². The molecular formula is C17H21F3N2O7. The van der Waals surface area contributed by atoms with Crippen molar-refractivity contribution in [3.63, 3.8) is 0 Å². The number of hydrogen-bond acceptors (Lipinski definition) is 7. The molecule has 1 amide bonds. The van der Waals surface area contributed by atoms with Gasteiger partial charge < -0.3 is 24.2 Å². The van der Waals surface area contributed by atoms with E-state index in [0.717, 1.165) is 12.1 Å². The van der Waals surface area contributed by atoms with Crippen LogP contribution in [-0.4, -0.2) is 65.4 Å². The van der Waals surface area contributed by atoms with E-state index in [0.29, 0.717) is 0 Å². The maximum Gasteiger partial charge on any atom is 0.471 e. The summed E-state index contributed by atoms with van der Waals surface area (Å²) in [5.74, 6) is -5.88. The van der Waals surface area contributed by atoms with Gasteiger partial charge in [-0.15, -0.1) is 0 Å². The molecule has 29 heavy (non-hydrogen) atoms. The molecule has 1 rings (SSSR count). The van der Waals surface area contributed by atoms with Gasteiger partial charge in [-0.05, 0) is 26.3 Å². The van der Waals surface area contributed by atoms with Crippen LogP contribution in [0, 0.1) is 0 Å². The summed E-state index contributed by atoms with van der Waals surface area (Å²) < 4.78 is 54.1. The molecule has 12 heteroatoms. The molecule has 0 saturated heterocycles. The Labute approximate surface area is 164 Å². The van der Waals surface area contributed by atoms with Crippen LogP contribution < -0.4 is 9.47 Å². The van der Waals surface area contributed by atoms with Gasteiger partial charge in [0.2, 0.25) is 11.8 Å². The first-order valence-corrected chi connectivity index (χ1v) is 8.12. The number of ether oxygens (including phenoxy) is 3. The molecule has 0 aliphatic carbocycles. The van der Waals surface area contributed by atoms with Crippen molar-refractivity contribution < 1.29 is 46.9 Å². The summed E-state index contributed by atoms with van der Waals surface area (Å²) in [6.45, 7) is 3.15. The number of halogens is 3. The van der Waals surface area contributed by atoms with Gasteiger partial charge in [-0.1, -0.05) is 0 Å². The Balaban J connectivity index is 3.50. The van der Waals surface area contributed by atoms with E-state index in [1.165, 1.54) is 35.0 Å². The minimum Gasteiger partial charge on any atom is -0.481 e. The smallest absolute Gasteiger partial charge is 0.471 e. The molecule has 162 valence electrons. The Kier molecular flexibility index (Phi) is 7.42. The summed E-state index contributed by atoms with van der Waals surface area (Å²) in [6.07, 6.45) is -5.43. The highest BCUT2D eigenvalue weighted by Crippen LogP contribution is 2.31. The van der Waals surface area contributed by atoms with Crippen LogP contribution in [0.1, 0.15) is 32.4 Å². The molecule has 1 aromatic heterocycles. The van der Waals surface area contributed by atoms with Crippen molar-refractivity contribution in [2.24, 2.45) is 0 Å². The summed E-state index contributed by atoms with van der Waals surface area (Å²) in [7, 11) is 2.39. The first-order chi connectivity index (χ1) is 13.2. The minimum absolute atomic E-state index is 0.134. The summed E-state index contributed by atoms with van der Waals surface area (Å²) in [5.41, 5.74) is -1.38. The summed E-state index contributed by atoms with van der Waals surface area (Å²) in [4.78, 5) is 39.5. The van der Waals surface area contributed by atoms with Gasteiger partial charge in [0.25, 0.3) is 0 Å². The number of amides is 1. The SMILES string of the molecule is COc1cc(C(C(=O)O)N(CC(=O)OC(C)(C)C)C(=O)C(F)(F)F)cc(OC)n1. The van der Waals surface area contributed by atoms with Crippen LogP contribution in [-0.2, 0) is 19.1 Å². The molecule has 9 nitrogen and oxygen atoms in total. The number of nitrogens with zero attached hydrogens (tertiary/aromatic N) is 2. The quantitative estimate of drug-likeness (QED) is 0.663. The van der Waals surface area contributed by atoms with Crippen molar-refractivity contribution in [3.05, 3.63) is 17.7 Å². The Morgan fingerprint density at radius 2 is 1.59 bits per heavy atom. The topological polar surface area (TPSA) is 115 Å². The second-order valence-corrected chi connectivity index (χ2v) is 6.74. The molecule has 1 N–H and O–H groups in total. The monoisotopic (exact) mass is 422 g/mol. The van der Waals surface area contributed by atoms with E-state index in [1.807, 2.05) is 0 Å². The molecule has 0 spiro atoms. The predicted molar refractivity (Wildman–Crippen MR) is 91.3 cm³/mol. The molecule has 0 bridgehead atoms. The van der Waals surface area contributed by atoms with Crippen molar-refractivity contribution in [1.29, 1.82) is 0 Å². The Bertz CT molecular complexity index is 753. The van der Waals surface area contributed by atoms with Gasteiger partial charge in [0.1, 0.15) is 12.1 Å². The number of aliphatic carboxylic acids is 1. The number of pyridine rings is 1. The van der Waals surface area contributed by atoms with Gasteiger partial charge in [0.05, 0.1) is 14.2 Å². The maximum absolute atomic E-state index is 13.1. The number of methoxy groups -OCH3 is 2. The summed E-state index contributed by atoms with van der Waals surface area (Å²) >= 11 is 0. The fraction of sp³-hybridized carbons (Fsp3) is 0.529. The Morgan fingerprint density at radius 1 is 1.10 bits per heavy atom. The van der Waals surface area contributed by atoms with E-state index in [2.05, 4.69) is 4.98 Å². The van der Waals surface area contributed by atoms with Gasteiger partial charge in [0.15, 0.2) is 6.04 Å². The van der Waals surface area contributed by atoms with Gasteiger partial charge in [-0.25, -0.2) is 4.79 Å².